The second-order valence-electron chi connectivity index (χ2n) is 6.99. The number of para-hydroxylation sites is 1. The molecule has 0 aliphatic carbocycles. The molecule has 120 valence electrons. The second-order valence-corrected chi connectivity index (χ2v) is 6.99. The van der Waals surface area contributed by atoms with E-state index in [0.717, 1.165) is 6.42 Å². The fourth-order valence-electron chi connectivity index (χ4n) is 1.95. The van der Waals surface area contributed by atoms with Gasteiger partial charge in [0.15, 0.2) is 6.10 Å². The minimum absolute atomic E-state index is 0.0152. The normalized spacial score (nSPS) is 12.6. The molecule has 0 spiro atoms. The molecule has 0 radical (unpaired) electrons. The average molecular weight is 302 g/mol. The second kappa shape index (κ2) is 7.84. The highest BCUT2D eigenvalue weighted by Crippen LogP contribution is 2.21. The van der Waals surface area contributed by atoms with Crippen molar-refractivity contribution < 1.29 is 9.53 Å². The van der Waals surface area contributed by atoms with Crippen molar-refractivity contribution >= 4 is 5.91 Å². The number of nitrogens with zero attached hydrogens (tertiary/aromatic N) is 1. The molecule has 0 aliphatic rings. The molecule has 1 aromatic rings. The Bertz CT molecular complexity index is 539. The van der Waals surface area contributed by atoms with Gasteiger partial charge in [0.2, 0.25) is 0 Å². The van der Waals surface area contributed by atoms with Crippen molar-refractivity contribution in [3.8, 4) is 11.8 Å². The Morgan fingerprint density at radius 1 is 1.32 bits per heavy atom. The highest BCUT2D eigenvalue weighted by molar-refractivity contribution is 5.81. The maximum Gasteiger partial charge on any atom is 0.261 e. The van der Waals surface area contributed by atoms with Gasteiger partial charge >= 0.3 is 0 Å². The zero-order chi connectivity index (χ0) is 16.8. The third-order valence-corrected chi connectivity index (χ3v) is 3.30. The lowest BCUT2D eigenvalue weighted by Gasteiger charge is -2.24. The van der Waals surface area contributed by atoms with E-state index in [2.05, 4.69) is 32.2 Å². The van der Waals surface area contributed by atoms with Crippen molar-refractivity contribution in [3.63, 3.8) is 0 Å². The molecule has 0 saturated carbocycles. The summed E-state index contributed by atoms with van der Waals surface area (Å²) in [5.74, 6) is 0.336. The lowest BCUT2D eigenvalue weighted by atomic mass is 9.92. The fraction of sp³-hybridized carbons (Fsp3) is 0.556. The summed E-state index contributed by atoms with van der Waals surface area (Å²) in [6, 6.07) is 9.06. The molecular weight excluding hydrogens is 276 g/mol. The molecule has 1 rings (SSSR count). The third kappa shape index (κ3) is 5.77. The van der Waals surface area contributed by atoms with Crippen LogP contribution in [0, 0.1) is 22.7 Å². The highest BCUT2D eigenvalue weighted by atomic mass is 16.5. The summed E-state index contributed by atoms with van der Waals surface area (Å²) in [6.07, 6.45) is 0.299. The Morgan fingerprint density at radius 3 is 2.50 bits per heavy atom. The van der Waals surface area contributed by atoms with Crippen LogP contribution >= 0.6 is 0 Å². The molecule has 0 heterocycles. The van der Waals surface area contributed by atoms with Crippen LogP contribution in [0.25, 0.3) is 0 Å². The zero-order valence-corrected chi connectivity index (χ0v) is 14.1. The van der Waals surface area contributed by atoms with E-state index < -0.39 is 6.10 Å². The van der Waals surface area contributed by atoms with Gasteiger partial charge in [-0.15, -0.1) is 0 Å². The molecule has 1 N–H and O–H groups in total. The van der Waals surface area contributed by atoms with Crippen molar-refractivity contribution in [1.82, 2.24) is 5.32 Å². The smallest absolute Gasteiger partial charge is 0.261 e. The molecule has 0 bridgehead atoms. The van der Waals surface area contributed by atoms with Gasteiger partial charge in [-0.25, -0.2) is 0 Å². The van der Waals surface area contributed by atoms with Gasteiger partial charge in [-0.2, -0.15) is 5.26 Å². The van der Waals surface area contributed by atoms with Crippen LogP contribution in [0.2, 0.25) is 0 Å². The number of benzene rings is 1. The van der Waals surface area contributed by atoms with E-state index in [9.17, 15) is 4.79 Å². The minimum atomic E-state index is -0.602. The fourth-order valence-corrected chi connectivity index (χ4v) is 1.95. The van der Waals surface area contributed by atoms with Crippen LogP contribution in [0.1, 0.15) is 46.6 Å². The summed E-state index contributed by atoms with van der Waals surface area (Å²) in [6.45, 7) is 10.9. The maximum absolute atomic E-state index is 12.4. The Labute approximate surface area is 133 Å². The Morgan fingerprint density at radius 2 is 1.95 bits per heavy atom. The number of hydrogen-bond donors (Lipinski definition) is 1. The first-order valence-corrected chi connectivity index (χ1v) is 7.68. The molecule has 0 fully saturated rings. The first-order valence-electron chi connectivity index (χ1n) is 7.68. The first-order chi connectivity index (χ1) is 10.2. The minimum Gasteiger partial charge on any atom is -0.479 e. The summed E-state index contributed by atoms with van der Waals surface area (Å²) in [5, 5.41) is 12.0. The molecule has 0 aliphatic heterocycles. The standard InChI is InChI=1S/C18H26N2O2/c1-13(2)16(17(21)20-11-10-18(3,4)5)22-15-9-7-6-8-14(15)12-19/h6-9,13,16H,10-11H2,1-5H3,(H,20,21). The summed E-state index contributed by atoms with van der Waals surface area (Å²) in [5.41, 5.74) is 0.616. The van der Waals surface area contributed by atoms with Crippen LogP contribution in [-0.4, -0.2) is 18.6 Å². The van der Waals surface area contributed by atoms with E-state index in [1.807, 2.05) is 13.8 Å². The highest BCUT2D eigenvalue weighted by Gasteiger charge is 2.25. The van der Waals surface area contributed by atoms with Crippen molar-refractivity contribution in [1.29, 1.82) is 5.26 Å². The quantitative estimate of drug-likeness (QED) is 0.874. The predicted molar refractivity (Wildman–Crippen MR) is 87.5 cm³/mol. The molecular formula is C18H26N2O2. The zero-order valence-electron chi connectivity index (χ0n) is 14.1. The Hall–Kier alpha value is -2.02. The van der Waals surface area contributed by atoms with Crippen LogP contribution in [-0.2, 0) is 4.79 Å². The van der Waals surface area contributed by atoms with Gasteiger partial charge in [0, 0.05) is 6.54 Å². The summed E-state index contributed by atoms with van der Waals surface area (Å²) in [4.78, 5) is 12.4. The molecule has 1 aromatic carbocycles. The van der Waals surface area contributed by atoms with E-state index in [4.69, 9.17) is 10.00 Å². The summed E-state index contributed by atoms with van der Waals surface area (Å²) < 4.78 is 5.81. The van der Waals surface area contributed by atoms with Crippen LogP contribution in [0.3, 0.4) is 0 Å². The van der Waals surface area contributed by atoms with Crippen LogP contribution in [0.15, 0.2) is 24.3 Å². The molecule has 4 heteroatoms. The van der Waals surface area contributed by atoms with Gasteiger partial charge in [0.05, 0.1) is 5.56 Å². The lowest BCUT2D eigenvalue weighted by molar-refractivity contribution is -0.129. The average Bonchev–Trinajstić information content (AvgIpc) is 2.43. The molecule has 22 heavy (non-hydrogen) atoms. The van der Waals surface area contributed by atoms with Crippen molar-refractivity contribution in [2.45, 2.75) is 47.1 Å². The third-order valence-electron chi connectivity index (χ3n) is 3.30. The maximum atomic E-state index is 12.4. The van der Waals surface area contributed by atoms with E-state index in [-0.39, 0.29) is 17.2 Å². The number of nitriles is 1. The molecule has 1 unspecified atom stereocenters. The number of rotatable bonds is 6. The van der Waals surface area contributed by atoms with Crippen LogP contribution in [0.5, 0.6) is 5.75 Å². The molecule has 4 nitrogen and oxygen atoms in total. The topological polar surface area (TPSA) is 62.1 Å². The van der Waals surface area contributed by atoms with E-state index in [1.165, 1.54) is 0 Å². The van der Waals surface area contributed by atoms with Gasteiger partial charge in [-0.3, -0.25) is 4.79 Å². The first kappa shape index (κ1) is 18.0. The molecule has 1 atom stereocenters. The number of hydrogen-bond acceptors (Lipinski definition) is 3. The monoisotopic (exact) mass is 302 g/mol. The number of carbonyl (C=O) groups excluding carboxylic acids is 1. The number of amides is 1. The van der Waals surface area contributed by atoms with E-state index >= 15 is 0 Å². The molecule has 1 amide bonds. The van der Waals surface area contributed by atoms with Gasteiger partial charge in [0.1, 0.15) is 11.8 Å². The summed E-state index contributed by atoms with van der Waals surface area (Å²) >= 11 is 0. The number of carbonyl (C=O) groups is 1. The van der Waals surface area contributed by atoms with Crippen molar-refractivity contribution in [3.05, 3.63) is 29.8 Å². The number of nitrogens with one attached hydrogen (secondary N) is 1. The van der Waals surface area contributed by atoms with Gasteiger partial charge in [-0.05, 0) is 29.9 Å². The Balaban J connectivity index is 2.73. The van der Waals surface area contributed by atoms with E-state index in [1.54, 1.807) is 24.3 Å². The van der Waals surface area contributed by atoms with Crippen molar-refractivity contribution in [2.75, 3.05) is 6.54 Å². The lowest BCUT2D eigenvalue weighted by Crippen LogP contribution is -2.42. The van der Waals surface area contributed by atoms with Gasteiger partial charge < -0.3 is 10.1 Å². The van der Waals surface area contributed by atoms with Gasteiger partial charge in [-0.1, -0.05) is 46.8 Å². The predicted octanol–water partition coefficient (Wildman–Crippen LogP) is 3.51. The van der Waals surface area contributed by atoms with Crippen molar-refractivity contribution in [2.24, 2.45) is 11.3 Å². The Kier molecular flexibility index (Phi) is 6.42. The number of ether oxygens (including phenoxy) is 1. The molecule has 0 aromatic heterocycles. The summed E-state index contributed by atoms with van der Waals surface area (Å²) in [7, 11) is 0. The van der Waals surface area contributed by atoms with Crippen LogP contribution < -0.4 is 10.1 Å². The van der Waals surface area contributed by atoms with Crippen LogP contribution in [0.4, 0.5) is 0 Å². The SMILES string of the molecule is CC(C)C(Oc1ccccc1C#N)C(=O)NCCC(C)(C)C. The van der Waals surface area contributed by atoms with E-state index in [0.29, 0.717) is 17.9 Å². The van der Waals surface area contributed by atoms with Gasteiger partial charge in [0.25, 0.3) is 5.91 Å². The largest absolute Gasteiger partial charge is 0.479 e. The molecule has 0 saturated heterocycles.